The molecule has 1 heterocycles. The van der Waals surface area contributed by atoms with Crippen LogP contribution in [0, 0.1) is 0 Å². The van der Waals surface area contributed by atoms with E-state index in [0.717, 1.165) is 41.8 Å². The van der Waals surface area contributed by atoms with Crippen molar-refractivity contribution in [3.8, 4) is 5.75 Å². The zero-order chi connectivity index (χ0) is 13.8. The molecule has 0 radical (unpaired) electrons. The number of halogens is 1. The van der Waals surface area contributed by atoms with Gasteiger partial charge >= 0.3 is 0 Å². The number of carbonyl (C=O) groups is 1. The minimum atomic E-state index is -0.341. The van der Waals surface area contributed by atoms with Crippen LogP contribution in [0.5, 0.6) is 5.75 Å². The van der Waals surface area contributed by atoms with E-state index in [4.69, 9.17) is 4.74 Å². The number of hydrogen-bond acceptors (Lipinski definition) is 3. The molecule has 1 unspecified atom stereocenters. The molecule has 1 amide bonds. The molecule has 1 N–H and O–H groups in total. The minimum Gasteiger partial charge on any atom is -0.480 e. The summed E-state index contributed by atoms with van der Waals surface area (Å²) in [5.74, 6) is 0.857. The average molecular weight is 327 g/mol. The number of likely N-dealkylation sites (tertiary alicyclic amines) is 1. The normalized spacial score (nSPS) is 19.0. The maximum absolute atomic E-state index is 11.9. The summed E-state index contributed by atoms with van der Waals surface area (Å²) in [5.41, 5.74) is 1.07. The van der Waals surface area contributed by atoms with Crippen LogP contribution < -0.4 is 10.1 Å². The molecule has 1 aliphatic rings. The molecule has 0 bridgehead atoms. The van der Waals surface area contributed by atoms with Crippen molar-refractivity contribution in [1.82, 2.24) is 10.2 Å². The highest BCUT2D eigenvalue weighted by molar-refractivity contribution is 9.10. The van der Waals surface area contributed by atoms with Gasteiger partial charge in [-0.1, -0.05) is 22.9 Å². The molecule has 4 nitrogen and oxygen atoms in total. The number of nitrogens with one attached hydrogen (secondary N) is 1. The van der Waals surface area contributed by atoms with Crippen LogP contribution in [0.2, 0.25) is 0 Å². The number of ether oxygens (including phenoxy) is 1. The molecule has 1 aliphatic heterocycles. The van der Waals surface area contributed by atoms with Gasteiger partial charge in [0.2, 0.25) is 0 Å². The third-order valence-electron chi connectivity index (χ3n) is 3.24. The zero-order valence-electron chi connectivity index (χ0n) is 11.3. The summed E-state index contributed by atoms with van der Waals surface area (Å²) < 4.78 is 6.91. The van der Waals surface area contributed by atoms with Gasteiger partial charge < -0.3 is 15.0 Å². The molecule has 19 heavy (non-hydrogen) atoms. The highest BCUT2D eigenvalue weighted by Crippen LogP contribution is 2.26. The summed E-state index contributed by atoms with van der Waals surface area (Å²) in [6.07, 6.45) is 0.415. The molecule has 104 valence electrons. The lowest BCUT2D eigenvalue weighted by molar-refractivity contribution is -0.132. The standard InChI is InChI=1S/C14H19BrN2O2/c1-3-16-9-10-8-11(15)4-5-12(10)19-13-6-7-17(2)14(13)18/h4-5,8,13,16H,3,6-7,9H2,1-2H3. The predicted octanol–water partition coefficient (Wildman–Crippen LogP) is 2.17. The molecule has 1 aromatic carbocycles. The molecule has 0 aromatic heterocycles. The van der Waals surface area contributed by atoms with Gasteiger partial charge in [0, 0.05) is 36.6 Å². The van der Waals surface area contributed by atoms with Gasteiger partial charge in [0.05, 0.1) is 0 Å². The van der Waals surface area contributed by atoms with E-state index in [0.29, 0.717) is 0 Å². The monoisotopic (exact) mass is 326 g/mol. The van der Waals surface area contributed by atoms with Gasteiger partial charge in [0.15, 0.2) is 6.10 Å². The molecule has 1 saturated heterocycles. The van der Waals surface area contributed by atoms with Gasteiger partial charge in [0.25, 0.3) is 5.91 Å². The second kappa shape index (κ2) is 6.39. The Morgan fingerprint density at radius 1 is 1.53 bits per heavy atom. The zero-order valence-corrected chi connectivity index (χ0v) is 12.9. The van der Waals surface area contributed by atoms with Crippen LogP contribution in [0.25, 0.3) is 0 Å². The second-order valence-electron chi connectivity index (χ2n) is 4.69. The molecule has 5 heteroatoms. The molecular weight excluding hydrogens is 308 g/mol. The van der Waals surface area contributed by atoms with Crippen molar-refractivity contribution < 1.29 is 9.53 Å². The number of amides is 1. The lowest BCUT2D eigenvalue weighted by Crippen LogP contribution is -2.29. The van der Waals surface area contributed by atoms with Crippen LogP contribution >= 0.6 is 15.9 Å². The Balaban J connectivity index is 2.12. The van der Waals surface area contributed by atoms with Crippen LogP contribution in [-0.4, -0.2) is 37.0 Å². The predicted molar refractivity (Wildman–Crippen MR) is 78.2 cm³/mol. The summed E-state index contributed by atoms with van der Waals surface area (Å²) in [6, 6.07) is 5.89. The number of carbonyl (C=O) groups excluding carboxylic acids is 1. The first kappa shape index (κ1) is 14.3. The van der Waals surface area contributed by atoms with E-state index >= 15 is 0 Å². The van der Waals surface area contributed by atoms with Gasteiger partial charge in [-0.05, 0) is 24.7 Å². The van der Waals surface area contributed by atoms with Gasteiger partial charge in [-0.3, -0.25) is 4.79 Å². The Morgan fingerprint density at radius 3 is 2.95 bits per heavy atom. The Morgan fingerprint density at radius 2 is 2.32 bits per heavy atom. The fourth-order valence-electron chi connectivity index (χ4n) is 2.11. The fraction of sp³-hybridized carbons (Fsp3) is 0.500. The Kier molecular flexibility index (Phi) is 4.82. The smallest absolute Gasteiger partial charge is 0.263 e. The van der Waals surface area contributed by atoms with Crippen LogP contribution in [0.15, 0.2) is 22.7 Å². The molecule has 0 aliphatic carbocycles. The van der Waals surface area contributed by atoms with Crippen LogP contribution in [0.1, 0.15) is 18.9 Å². The molecule has 1 fully saturated rings. The van der Waals surface area contributed by atoms with Gasteiger partial charge in [-0.2, -0.15) is 0 Å². The first-order chi connectivity index (χ1) is 9.11. The lowest BCUT2D eigenvalue weighted by atomic mass is 10.2. The first-order valence-electron chi connectivity index (χ1n) is 6.52. The topological polar surface area (TPSA) is 41.6 Å². The van der Waals surface area contributed by atoms with Crippen molar-refractivity contribution >= 4 is 21.8 Å². The summed E-state index contributed by atoms with van der Waals surface area (Å²) in [4.78, 5) is 13.6. The molecule has 2 rings (SSSR count). The number of nitrogens with zero attached hydrogens (tertiary/aromatic N) is 1. The molecule has 1 atom stereocenters. The Hall–Kier alpha value is -1.07. The van der Waals surface area contributed by atoms with E-state index in [2.05, 4.69) is 28.2 Å². The van der Waals surface area contributed by atoms with E-state index in [9.17, 15) is 4.79 Å². The maximum Gasteiger partial charge on any atom is 0.263 e. The largest absolute Gasteiger partial charge is 0.480 e. The second-order valence-corrected chi connectivity index (χ2v) is 5.60. The van der Waals surface area contributed by atoms with Crippen LogP contribution in [0.3, 0.4) is 0 Å². The summed E-state index contributed by atoms with van der Waals surface area (Å²) in [6.45, 7) is 4.47. The van der Waals surface area contributed by atoms with E-state index in [1.54, 1.807) is 4.90 Å². The third kappa shape index (κ3) is 3.48. The van der Waals surface area contributed by atoms with Crippen molar-refractivity contribution in [3.05, 3.63) is 28.2 Å². The highest BCUT2D eigenvalue weighted by atomic mass is 79.9. The van der Waals surface area contributed by atoms with Gasteiger partial charge in [-0.25, -0.2) is 0 Å². The molecular formula is C14H19BrN2O2. The quantitative estimate of drug-likeness (QED) is 0.901. The van der Waals surface area contributed by atoms with E-state index < -0.39 is 0 Å². The summed E-state index contributed by atoms with van der Waals surface area (Å²) in [5, 5.41) is 3.28. The number of likely N-dealkylation sites (N-methyl/N-ethyl adjacent to an activating group) is 1. The van der Waals surface area contributed by atoms with Crippen molar-refractivity contribution in [2.24, 2.45) is 0 Å². The van der Waals surface area contributed by atoms with E-state index in [1.807, 2.05) is 25.2 Å². The molecule has 0 saturated carbocycles. The average Bonchev–Trinajstić information content (AvgIpc) is 2.71. The lowest BCUT2D eigenvalue weighted by Gasteiger charge is -2.16. The molecule has 1 aromatic rings. The summed E-state index contributed by atoms with van der Waals surface area (Å²) in [7, 11) is 1.81. The summed E-state index contributed by atoms with van der Waals surface area (Å²) >= 11 is 3.46. The van der Waals surface area contributed by atoms with Crippen molar-refractivity contribution in [1.29, 1.82) is 0 Å². The van der Waals surface area contributed by atoms with Gasteiger partial charge in [0.1, 0.15) is 5.75 Å². The van der Waals surface area contributed by atoms with Gasteiger partial charge in [-0.15, -0.1) is 0 Å². The number of rotatable bonds is 5. The first-order valence-corrected chi connectivity index (χ1v) is 7.32. The maximum atomic E-state index is 11.9. The SMILES string of the molecule is CCNCc1cc(Br)ccc1OC1CCN(C)C1=O. The molecule has 0 spiro atoms. The minimum absolute atomic E-state index is 0.0670. The third-order valence-corrected chi connectivity index (χ3v) is 3.73. The number of benzene rings is 1. The van der Waals surface area contributed by atoms with Crippen LogP contribution in [-0.2, 0) is 11.3 Å². The highest BCUT2D eigenvalue weighted by Gasteiger charge is 2.31. The number of hydrogen-bond donors (Lipinski definition) is 1. The van der Waals surface area contributed by atoms with E-state index in [1.165, 1.54) is 0 Å². The van der Waals surface area contributed by atoms with Crippen molar-refractivity contribution in [2.45, 2.75) is 26.0 Å². The van der Waals surface area contributed by atoms with Crippen molar-refractivity contribution in [3.63, 3.8) is 0 Å². The Labute approximate surface area is 122 Å². The van der Waals surface area contributed by atoms with Crippen molar-refractivity contribution in [2.75, 3.05) is 20.1 Å². The Bertz CT molecular complexity index is 465. The fourth-order valence-corrected chi connectivity index (χ4v) is 2.52. The van der Waals surface area contributed by atoms with E-state index in [-0.39, 0.29) is 12.0 Å². The van der Waals surface area contributed by atoms with Crippen LogP contribution in [0.4, 0.5) is 0 Å².